The molecule has 5 heteroatoms. The topological polar surface area (TPSA) is 54.5 Å². The molecule has 4 nitrogen and oxygen atoms in total. The second kappa shape index (κ2) is 6.50. The summed E-state index contributed by atoms with van der Waals surface area (Å²) in [5.74, 6) is 0.613. The van der Waals surface area contributed by atoms with Gasteiger partial charge in [0.15, 0.2) is 15.6 Å². The maximum Gasteiger partial charge on any atom is 0.164 e. The largest absolute Gasteiger partial charge is 0.302 e. The first kappa shape index (κ1) is 15.2. The van der Waals surface area contributed by atoms with E-state index in [1.807, 2.05) is 31.2 Å². The summed E-state index contributed by atoms with van der Waals surface area (Å²) in [6.45, 7) is 3.92. The summed E-state index contributed by atoms with van der Waals surface area (Å²) in [5, 5.41) is 0. The van der Waals surface area contributed by atoms with Crippen LogP contribution in [0.1, 0.15) is 28.8 Å². The Bertz CT molecular complexity index is 581. The quantitative estimate of drug-likeness (QED) is 0.793. The van der Waals surface area contributed by atoms with Gasteiger partial charge in [0.1, 0.15) is 0 Å². The molecule has 20 heavy (non-hydrogen) atoms. The minimum Gasteiger partial charge on any atom is -0.302 e. The molecule has 1 aliphatic heterocycles. The molecule has 1 fully saturated rings. The van der Waals surface area contributed by atoms with Gasteiger partial charge >= 0.3 is 0 Å². The molecular weight excluding hydrogens is 274 g/mol. The summed E-state index contributed by atoms with van der Waals surface area (Å²) in [6.07, 6.45) is 1.12. The van der Waals surface area contributed by atoms with Crippen molar-refractivity contribution in [2.45, 2.75) is 19.8 Å². The van der Waals surface area contributed by atoms with E-state index in [1.54, 1.807) is 0 Å². The lowest BCUT2D eigenvalue weighted by Crippen LogP contribution is -2.29. The predicted molar refractivity (Wildman–Crippen MR) is 79.8 cm³/mol. The Morgan fingerprint density at radius 3 is 2.80 bits per heavy atom. The number of rotatable bonds is 4. The lowest BCUT2D eigenvalue weighted by Gasteiger charge is -2.18. The molecule has 0 spiro atoms. The second-order valence-corrected chi connectivity index (χ2v) is 7.69. The van der Waals surface area contributed by atoms with E-state index in [0.29, 0.717) is 25.9 Å². The van der Waals surface area contributed by atoms with E-state index in [4.69, 9.17) is 0 Å². The molecule has 0 bridgehead atoms. The number of hydrogen-bond acceptors (Lipinski definition) is 4. The van der Waals surface area contributed by atoms with Gasteiger partial charge in [0, 0.05) is 25.1 Å². The van der Waals surface area contributed by atoms with E-state index in [1.165, 1.54) is 0 Å². The molecule has 0 aromatic heterocycles. The number of nitrogens with zero attached hydrogens (tertiary/aromatic N) is 1. The van der Waals surface area contributed by atoms with E-state index in [-0.39, 0.29) is 17.3 Å². The maximum absolute atomic E-state index is 12.1. The molecule has 0 amide bonds. The van der Waals surface area contributed by atoms with Gasteiger partial charge < -0.3 is 4.90 Å². The molecule has 0 radical (unpaired) electrons. The van der Waals surface area contributed by atoms with E-state index in [9.17, 15) is 13.2 Å². The number of aryl methyl sites for hydroxylation is 1. The molecule has 0 saturated carbocycles. The summed E-state index contributed by atoms with van der Waals surface area (Å²) in [7, 11) is -2.88. The average molecular weight is 295 g/mol. The molecule has 110 valence electrons. The Balaban J connectivity index is 1.87. The van der Waals surface area contributed by atoms with Crippen LogP contribution in [0.2, 0.25) is 0 Å². The van der Waals surface area contributed by atoms with Gasteiger partial charge in [-0.1, -0.05) is 23.8 Å². The SMILES string of the molecule is Cc1cccc(C(=O)CCN2CCCS(=O)(=O)CC2)c1. The normalized spacial score (nSPS) is 19.4. The van der Waals surface area contributed by atoms with E-state index in [0.717, 1.165) is 17.7 Å². The van der Waals surface area contributed by atoms with E-state index >= 15 is 0 Å². The van der Waals surface area contributed by atoms with E-state index < -0.39 is 9.84 Å². The highest BCUT2D eigenvalue weighted by atomic mass is 32.2. The molecule has 1 aromatic carbocycles. The fourth-order valence-electron chi connectivity index (χ4n) is 2.44. The first-order valence-corrected chi connectivity index (χ1v) is 8.81. The van der Waals surface area contributed by atoms with Crippen molar-refractivity contribution in [2.75, 3.05) is 31.1 Å². The number of carbonyl (C=O) groups excluding carboxylic acids is 1. The zero-order chi connectivity index (χ0) is 14.6. The molecule has 2 rings (SSSR count). The fraction of sp³-hybridized carbons (Fsp3) is 0.533. The van der Waals surface area contributed by atoms with Crippen molar-refractivity contribution < 1.29 is 13.2 Å². The third-order valence-electron chi connectivity index (χ3n) is 3.64. The van der Waals surface area contributed by atoms with Gasteiger partial charge in [0.25, 0.3) is 0 Å². The first-order valence-electron chi connectivity index (χ1n) is 6.99. The Morgan fingerprint density at radius 2 is 2.05 bits per heavy atom. The lowest BCUT2D eigenvalue weighted by atomic mass is 10.1. The van der Waals surface area contributed by atoms with Crippen LogP contribution in [0.15, 0.2) is 24.3 Å². The van der Waals surface area contributed by atoms with Gasteiger partial charge in [-0.3, -0.25) is 4.79 Å². The molecular formula is C15H21NO3S. The van der Waals surface area contributed by atoms with Crippen molar-refractivity contribution in [1.29, 1.82) is 0 Å². The highest BCUT2D eigenvalue weighted by Gasteiger charge is 2.19. The molecule has 0 atom stereocenters. The molecule has 0 aliphatic carbocycles. The first-order chi connectivity index (χ1) is 9.46. The molecule has 0 N–H and O–H groups in total. The summed E-state index contributed by atoms with van der Waals surface area (Å²) >= 11 is 0. The second-order valence-electron chi connectivity index (χ2n) is 5.39. The van der Waals surface area contributed by atoms with Gasteiger partial charge in [-0.05, 0) is 26.0 Å². The van der Waals surface area contributed by atoms with Gasteiger partial charge in [0.2, 0.25) is 0 Å². The number of ketones is 1. The van der Waals surface area contributed by atoms with Gasteiger partial charge in [0.05, 0.1) is 11.5 Å². The molecule has 1 aliphatic rings. The minimum atomic E-state index is -2.88. The van der Waals surface area contributed by atoms with Crippen molar-refractivity contribution in [3.05, 3.63) is 35.4 Å². The Hall–Kier alpha value is -1.20. The van der Waals surface area contributed by atoms with Gasteiger partial charge in [-0.15, -0.1) is 0 Å². The molecule has 1 saturated heterocycles. The van der Waals surface area contributed by atoms with Crippen LogP contribution in [0.25, 0.3) is 0 Å². The number of benzene rings is 1. The Labute approximate surface area is 120 Å². The van der Waals surface area contributed by atoms with Crippen molar-refractivity contribution in [1.82, 2.24) is 4.90 Å². The number of hydrogen-bond donors (Lipinski definition) is 0. The average Bonchev–Trinajstić information content (AvgIpc) is 2.57. The van der Waals surface area contributed by atoms with Crippen molar-refractivity contribution >= 4 is 15.6 Å². The van der Waals surface area contributed by atoms with Gasteiger partial charge in [-0.25, -0.2) is 8.42 Å². The third kappa shape index (κ3) is 4.42. The lowest BCUT2D eigenvalue weighted by molar-refractivity contribution is 0.0965. The highest BCUT2D eigenvalue weighted by molar-refractivity contribution is 7.91. The summed E-state index contributed by atoms with van der Waals surface area (Å²) in [6, 6.07) is 7.59. The van der Waals surface area contributed by atoms with Crippen LogP contribution in [0.5, 0.6) is 0 Å². The van der Waals surface area contributed by atoms with Crippen LogP contribution in [-0.4, -0.2) is 50.2 Å². The highest BCUT2D eigenvalue weighted by Crippen LogP contribution is 2.09. The summed E-state index contributed by atoms with van der Waals surface area (Å²) in [4.78, 5) is 14.2. The van der Waals surface area contributed by atoms with Crippen LogP contribution in [0.3, 0.4) is 0 Å². The standard InChI is InChI=1S/C15H21NO3S/c1-13-4-2-5-14(12-13)15(17)6-8-16-7-3-10-20(18,19)11-9-16/h2,4-5,12H,3,6-11H2,1H3. The summed E-state index contributed by atoms with van der Waals surface area (Å²) in [5.41, 5.74) is 1.82. The smallest absolute Gasteiger partial charge is 0.164 e. The molecule has 1 heterocycles. The zero-order valence-electron chi connectivity index (χ0n) is 11.8. The minimum absolute atomic E-state index is 0.126. The predicted octanol–water partition coefficient (Wildman–Crippen LogP) is 1.69. The fourth-order valence-corrected chi connectivity index (χ4v) is 3.75. The van der Waals surface area contributed by atoms with Crippen LogP contribution in [0.4, 0.5) is 0 Å². The molecule has 0 unspecified atom stereocenters. The van der Waals surface area contributed by atoms with Crippen molar-refractivity contribution in [2.24, 2.45) is 0 Å². The van der Waals surface area contributed by atoms with Crippen molar-refractivity contribution in [3.63, 3.8) is 0 Å². The van der Waals surface area contributed by atoms with Crippen molar-refractivity contribution in [3.8, 4) is 0 Å². The monoisotopic (exact) mass is 295 g/mol. The molecule has 1 aromatic rings. The van der Waals surface area contributed by atoms with E-state index in [2.05, 4.69) is 4.90 Å². The number of Topliss-reactive ketones (excluding diaryl/α,β-unsaturated/α-hetero) is 1. The zero-order valence-corrected chi connectivity index (χ0v) is 12.7. The third-order valence-corrected chi connectivity index (χ3v) is 5.36. The summed E-state index contributed by atoms with van der Waals surface area (Å²) < 4.78 is 23.0. The van der Waals surface area contributed by atoms with Crippen LogP contribution in [0, 0.1) is 6.92 Å². The Kier molecular flexibility index (Phi) is 4.94. The van der Waals surface area contributed by atoms with Crippen LogP contribution < -0.4 is 0 Å². The Morgan fingerprint density at radius 1 is 1.25 bits per heavy atom. The van der Waals surface area contributed by atoms with Crippen LogP contribution in [-0.2, 0) is 9.84 Å². The number of sulfone groups is 1. The maximum atomic E-state index is 12.1. The number of carbonyl (C=O) groups is 1. The van der Waals surface area contributed by atoms with Gasteiger partial charge in [-0.2, -0.15) is 0 Å². The van der Waals surface area contributed by atoms with Crippen LogP contribution >= 0.6 is 0 Å².